The highest BCUT2D eigenvalue weighted by atomic mass is 19.1. The molecule has 1 aliphatic heterocycles. The third-order valence-electron chi connectivity index (χ3n) is 4.82. The number of hydrogen-bond acceptors (Lipinski definition) is 3. The van der Waals surface area contributed by atoms with Gasteiger partial charge in [-0.25, -0.2) is 4.39 Å². The van der Waals surface area contributed by atoms with Crippen molar-refractivity contribution < 1.29 is 18.7 Å². The molecule has 3 rings (SSSR count). The quantitative estimate of drug-likeness (QED) is 0.783. The Bertz CT molecular complexity index is 803. The topological polar surface area (TPSA) is 46.6 Å². The monoisotopic (exact) mass is 341 g/mol. The number of Topliss-reactive ketones (excluding diaryl/α,β-unsaturated/α-hetero) is 1. The van der Waals surface area contributed by atoms with Crippen molar-refractivity contribution in [1.29, 1.82) is 0 Å². The second-order valence-corrected chi connectivity index (χ2v) is 6.44. The highest BCUT2D eigenvalue weighted by Crippen LogP contribution is 2.39. The van der Waals surface area contributed by atoms with Crippen molar-refractivity contribution in [2.24, 2.45) is 5.41 Å². The molecular formula is C20H20FNO3. The van der Waals surface area contributed by atoms with Crippen molar-refractivity contribution >= 4 is 17.4 Å². The van der Waals surface area contributed by atoms with Crippen LogP contribution >= 0.6 is 0 Å². The van der Waals surface area contributed by atoms with E-state index in [0.717, 1.165) is 0 Å². The van der Waals surface area contributed by atoms with E-state index in [4.69, 9.17) is 4.74 Å². The van der Waals surface area contributed by atoms with E-state index in [1.54, 1.807) is 37.1 Å². The highest BCUT2D eigenvalue weighted by molar-refractivity contribution is 6.14. The first-order valence-corrected chi connectivity index (χ1v) is 8.18. The molecule has 1 amide bonds. The summed E-state index contributed by atoms with van der Waals surface area (Å²) in [5.41, 5.74) is 0.305. The molecule has 0 unspecified atom stereocenters. The van der Waals surface area contributed by atoms with Gasteiger partial charge in [0.2, 0.25) is 5.91 Å². The number of nitrogens with zero attached hydrogens (tertiary/aromatic N) is 1. The van der Waals surface area contributed by atoms with Crippen LogP contribution in [0.3, 0.4) is 0 Å². The standard InChI is InChI=1S/C20H20FNO3/c1-20(18(23)13-14-7-9-15(21)10-8-14)11-12-22(19(20)24)16-5-3-4-6-17(16)25-2/h3-10H,11-13H2,1-2H3/t20-/m0/s1. The van der Waals surface area contributed by atoms with E-state index in [1.165, 1.54) is 12.1 Å². The molecule has 2 aromatic carbocycles. The zero-order valence-electron chi connectivity index (χ0n) is 14.3. The number of carbonyl (C=O) groups excluding carboxylic acids is 2. The summed E-state index contributed by atoms with van der Waals surface area (Å²) in [5.74, 6) is -0.113. The number of ether oxygens (including phenoxy) is 1. The van der Waals surface area contributed by atoms with Crippen LogP contribution in [0.1, 0.15) is 18.9 Å². The molecule has 0 N–H and O–H groups in total. The molecule has 0 spiro atoms. The molecule has 1 fully saturated rings. The predicted molar refractivity (Wildman–Crippen MR) is 93.2 cm³/mol. The summed E-state index contributed by atoms with van der Waals surface area (Å²) in [6.07, 6.45) is 0.562. The fourth-order valence-electron chi connectivity index (χ4n) is 3.17. The van der Waals surface area contributed by atoms with Gasteiger partial charge in [-0.3, -0.25) is 9.59 Å². The summed E-state index contributed by atoms with van der Waals surface area (Å²) in [6.45, 7) is 2.15. The average molecular weight is 341 g/mol. The van der Waals surface area contributed by atoms with Gasteiger partial charge in [0.25, 0.3) is 0 Å². The molecule has 0 aromatic heterocycles. The molecule has 25 heavy (non-hydrogen) atoms. The van der Waals surface area contributed by atoms with Gasteiger partial charge in [0.15, 0.2) is 5.78 Å². The second-order valence-electron chi connectivity index (χ2n) is 6.44. The van der Waals surface area contributed by atoms with Crippen molar-refractivity contribution in [3.8, 4) is 5.75 Å². The van der Waals surface area contributed by atoms with Crippen LogP contribution in [0, 0.1) is 11.2 Å². The number of para-hydroxylation sites is 2. The van der Waals surface area contributed by atoms with E-state index in [2.05, 4.69) is 0 Å². The van der Waals surface area contributed by atoms with Crippen LogP contribution in [-0.2, 0) is 16.0 Å². The number of rotatable bonds is 5. The van der Waals surface area contributed by atoms with Crippen molar-refractivity contribution in [2.75, 3.05) is 18.6 Å². The molecule has 0 aliphatic carbocycles. The normalized spacial score (nSPS) is 20.0. The van der Waals surface area contributed by atoms with Crippen LogP contribution in [0.5, 0.6) is 5.75 Å². The van der Waals surface area contributed by atoms with Crippen LogP contribution in [0.15, 0.2) is 48.5 Å². The molecule has 0 bridgehead atoms. The highest BCUT2D eigenvalue weighted by Gasteiger charge is 2.48. The Labute approximate surface area is 146 Å². The molecule has 2 aromatic rings. The Hall–Kier alpha value is -2.69. The molecule has 130 valence electrons. The average Bonchev–Trinajstić information content (AvgIpc) is 2.93. The van der Waals surface area contributed by atoms with E-state index in [1.807, 2.05) is 18.2 Å². The number of hydrogen-bond donors (Lipinski definition) is 0. The maximum absolute atomic E-state index is 13.0. The van der Waals surface area contributed by atoms with Crippen molar-refractivity contribution in [2.45, 2.75) is 19.8 Å². The Morgan fingerprint density at radius 2 is 1.88 bits per heavy atom. The first-order valence-electron chi connectivity index (χ1n) is 8.18. The van der Waals surface area contributed by atoms with E-state index in [9.17, 15) is 14.0 Å². The number of methoxy groups -OCH3 is 1. The lowest BCUT2D eigenvalue weighted by Crippen LogP contribution is -2.39. The molecule has 0 saturated carbocycles. The van der Waals surface area contributed by atoms with Crippen LogP contribution in [0.4, 0.5) is 10.1 Å². The number of amides is 1. The summed E-state index contributed by atoms with van der Waals surface area (Å²) < 4.78 is 18.3. The Morgan fingerprint density at radius 3 is 2.56 bits per heavy atom. The molecule has 0 radical (unpaired) electrons. The minimum absolute atomic E-state index is 0.113. The summed E-state index contributed by atoms with van der Waals surface area (Å²) >= 11 is 0. The minimum Gasteiger partial charge on any atom is -0.495 e. The van der Waals surface area contributed by atoms with Crippen molar-refractivity contribution in [1.82, 2.24) is 0 Å². The van der Waals surface area contributed by atoms with Gasteiger partial charge < -0.3 is 9.64 Å². The molecule has 1 heterocycles. The third-order valence-corrected chi connectivity index (χ3v) is 4.82. The first kappa shape index (κ1) is 17.1. The number of anilines is 1. The molecule has 1 atom stereocenters. The van der Waals surface area contributed by atoms with Crippen LogP contribution in [0.2, 0.25) is 0 Å². The van der Waals surface area contributed by atoms with Gasteiger partial charge >= 0.3 is 0 Å². The molecule has 1 aliphatic rings. The van der Waals surface area contributed by atoms with Crippen molar-refractivity contribution in [3.63, 3.8) is 0 Å². The maximum atomic E-state index is 13.0. The zero-order chi connectivity index (χ0) is 18.0. The lowest BCUT2D eigenvalue weighted by molar-refractivity contribution is -0.136. The Morgan fingerprint density at radius 1 is 1.20 bits per heavy atom. The second kappa shape index (κ2) is 6.67. The van der Waals surface area contributed by atoms with Gasteiger partial charge in [-0.1, -0.05) is 24.3 Å². The Kier molecular flexibility index (Phi) is 4.57. The van der Waals surface area contributed by atoms with Gasteiger partial charge in [-0.2, -0.15) is 0 Å². The lowest BCUT2D eigenvalue weighted by Gasteiger charge is -2.23. The number of ketones is 1. The lowest BCUT2D eigenvalue weighted by atomic mass is 9.81. The van der Waals surface area contributed by atoms with Gasteiger partial charge in [-0.05, 0) is 43.2 Å². The van der Waals surface area contributed by atoms with E-state index in [0.29, 0.717) is 30.0 Å². The van der Waals surface area contributed by atoms with Gasteiger partial charge in [-0.15, -0.1) is 0 Å². The van der Waals surface area contributed by atoms with E-state index >= 15 is 0 Å². The van der Waals surface area contributed by atoms with Crippen LogP contribution in [0.25, 0.3) is 0 Å². The van der Waals surface area contributed by atoms with Gasteiger partial charge in [0.05, 0.1) is 12.8 Å². The molecule has 5 heteroatoms. The fraction of sp³-hybridized carbons (Fsp3) is 0.300. The molecule has 1 saturated heterocycles. The maximum Gasteiger partial charge on any atom is 0.240 e. The van der Waals surface area contributed by atoms with E-state index in [-0.39, 0.29) is 23.9 Å². The van der Waals surface area contributed by atoms with Crippen molar-refractivity contribution in [3.05, 3.63) is 59.9 Å². The molecular weight excluding hydrogens is 321 g/mol. The number of benzene rings is 2. The smallest absolute Gasteiger partial charge is 0.240 e. The number of carbonyl (C=O) groups is 2. The van der Waals surface area contributed by atoms with Crippen LogP contribution < -0.4 is 9.64 Å². The van der Waals surface area contributed by atoms with Crippen LogP contribution in [-0.4, -0.2) is 25.3 Å². The fourth-order valence-corrected chi connectivity index (χ4v) is 3.17. The summed E-state index contributed by atoms with van der Waals surface area (Å²) in [4.78, 5) is 27.4. The van der Waals surface area contributed by atoms with E-state index < -0.39 is 5.41 Å². The number of halogens is 1. The summed E-state index contributed by atoms with van der Waals surface area (Å²) in [7, 11) is 1.55. The first-order chi connectivity index (χ1) is 12.0. The minimum atomic E-state index is -1.07. The van der Waals surface area contributed by atoms with Gasteiger partial charge in [0, 0.05) is 13.0 Å². The summed E-state index contributed by atoms with van der Waals surface area (Å²) in [5, 5.41) is 0. The SMILES string of the molecule is COc1ccccc1N1CC[C@@](C)(C(=O)Cc2ccc(F)cc2)C1=O. The third kappa shape index (κ3) is 3.14. The van der Waals surface area contributed by atoms with Gasteiger partial charge in [0.1, 0.15) is 17.0 Å². The largest absolute Gasteiger partial charge is 0.495 e. The molecule has 4 nitrogen and oxygen atoms in total. The summed E-state index contributed by atoms with van der Waals surface area (Å²) in [6, 6.07) is 13.1. The zero-order valence-corrected chi connectivity index (χ0v) is 14.3. The Balaban J connectivity index is 1.81. The predicted octanol–water partition coefficient (Wildman–Crippen LogP) is 3.39.